The number of carbonyl (C=O) groups is 2. The highest BCUT2D eigenvalue weighted by Gasteiger charge is 2.37. The van der Waals surface area contributed by atoms with Crippen LogP contribution in [0.2, 0.25) is 0 Å². The van der Waals surface area contributed by atoms with Crippen LogP contribution in [0, 0.1) is 21.4 Å². The lowest BCUT2D eigenvalue weighted by Gasteiger charge is -2.30. The van der Waals surface area contributed by atoms with Crippen LogP contribution in [0.15, 0.2) is 46.8 Å². The van der Waals surface area contributed by atoms with Gasteiger partial charge in [0.25, 0.3) is 5.69 Å². The molecule has 1 aromatic carbocycles. The van der Waals surface area contributed by atoms with Gasteiger partial charge in [0.15, 0.2) is 0 Å². The number of non-ortho nitro benzene ring substituents is 1. The second kappa shape index (κ2) is 8.81. The summed E-state index contributed by atoms with van der Waals surface area (Å²) < 4.78 is 5.18. The quantitative estimate of drug-likeness (QED) is 0.332. The molecule has 1 aliphatic rings. The Morgan fingerprint density at radius 3 is 2.39 bits per heavy atom. The number of hydrogen-bond donors (Lipinski definition) is 2. The summed E-state index contributed by atoms with van der Waals surface area (Å²) in [6.45, 7) is 3.32. The first-order chi connectivity index (χ1) is 13.3. The summed E-state index contributed by atoms with van der Waals surface area (Å²) in [5.74, 6) is -1.81. The van der Waals surface area contributed by atoms with E-state index in [1.165, 1.54) is 31.3 Å². The van der Waals surface area contributed by atoms with E-state index >= 15 is 0 Å². The number of amides is 1. The first kappa shape index (κ1) is 20.6. The molecule has 0 fully saturated rings. The van der Waals surface area contributed by atoms with E-state index in [-0.39, 0.29) is 30.2 Å². The SMILES string of the molecule is CNC(=O)C1=C(C)NC(C)=C(C(=O)OCCC#N)[C@H]1c1ccc([N+](=O)[O-])cc1. The van der Waals surface area contributed by atoms with Crippen molar-refractivity contribution in [1.82, 2.24) is 10.6 Å². The van der Waals surface area contributed by atoms with E-state index < -0.39 is 16.8 Å². The predicted octanol–water partition coefficient (Wildman–Crippen LogP) is 2.03. The molecule has 0 saturated carbocycles. The molecular weight excluding hydrogens is 364 g/mol. The Kier molecular flexibility index (Phi) is 6.50. The van der Waals surface area contributed by atoms with Crippen molar-refractivity contribution in [3.8, 4) is 6.07 Å². The molecule has 1 aromatic rings. The lowest BCUT2D eigenvalue weighted by atomic mass is 9.80. The number of hydrogen-bond acceptors (Lipinski definition) is 7. The van der Waals surface area contributed by atoms with Crippen LogP contribution >= 0.6 is 0 Å². The number of likely N-dealkylation sites (N-methyl/N-ethyl adjacent to an activating group) is 1. The molecule has 0 unspecified atom stereocenters. The number of benzene rings is 1. The molecule has 0 aliphatic carbocycles. The zero-order valence-corrected chi connectivity index (χ0v) is 15.7. The number of dihydropyridines is 1. The van der Waals surface area contributed by atoms with Crippen LogP contribution in [0.1, 0.15) is 31.7 Å². The van der Waals surface area contributed by atoms with Crippen LogP contribution in [-0.4, -0.2) is 30.5 Å². The van der Waals surface area contributed by atoms with Crippen molar-refractivity contribution in [2.45, 2.75) is 26.2 Å². The number of esters is 1. The van der Waals surface area contributed by atoms with Crippen molar-refractivity contribution in [2.24, 2.45) is 0 Å². The van der Waals surface area contributed by atoms with Gasteiger partial charge in [-0.15, -0.1) is 0 Å². The topological polar surface area (TPSA) is 134 Å². The maximum absolute atomic E-state index is 12.7. The number of nitro benzene ring substituents is 1. The number of nitro groups is 1. The average molecular weight is 384 g/mol. The number of nitriles is 1. The summed E-state index contributed by atoms with van der Waals surface area (Å²) in [5.41, 5.74) is 2.05. The Balaban J connectivity index is 2.56. The largest absolute Gasteiger partial charge is 0.461 e. The maximum Gasteiger partial charge on any atom is 0.336 e. The third kappa shape index (κ3) is 4.17. The van der Waals surface area contributed by atoms with E-state index in [1.807, 2.05) is 6.07 Å². The lowest BCUT2D eigenvalue weighted by molar-refractivity contribution is -0.384. The molecule has 1 amide bonds. The molecule has 0 bridgehead atoms. The van der Waals surface area contributed by atoms with Crippen LogP contribution in [0.25, 0.3) is 0 Å². The fourth-order valence-electron chi connectivity index (χ4n) is 3.09. The standard InChI is InChI=1S/C19H20N4O5/c1-11-15(18(24)21-3)17(13-5-7-14(8-6-13)23(26)27)16(12(2)22-11)19(25)28-10-4-9-20/h5-8,17,22H,4,10H2,1-3H3,(H,21,24)/t17-/m0/s1. The van der Waals surface area contributed by atoms with Crippen molar-refractivity contribution in [3.63, 3.8) is 0 Å². The molecule has 1 atom stereocenters. The van der Waals surface area contributed by atoms with Crippen LogP contribution in [-0.2, 0) is 14.3 Å². The molecule has 2 rings (SSSR count). The molecule has 0 spiro atoms. The second-order valence-corrected chi connectivity index (χ2v) is 6.11. The van der Waals surface area contributed by atoms with Crippen LogP contribution < -0.4 is 10.6 Å². The minimum Gasteiger partial charge on any atom is -0.461 e. The van der Waals surface area contributed by atoms with E-state index in [2.05, 4.69) is 10.6 Å². The summed E-state index contributed by atoms with van der Waals surface area (Å²) in [4.78, 5) is 35.7. The predicted molar refractivity (Wildman–Crippen MR) is 99.6 cm³/mol. The fourth-order valence-corrected chi connectivity index (χ4v) is 3.09. The van der Waals surface area contributed by atoms with Gasteiger partial charge >= 0.3 is 5.97 Å². The molecule has 0 aromatic heterocycles. The molecule has 0 radical (unpaired) electrons. The molecule has 1 heterocycles. The lowest BCUT2D eigenvalue weighted by Crippen LogP contribution is -2.35. The normalized spacial score (nSPS) is 16.1. The van der Waals surface area contributed by atoms with Gasteiger partial charge < -0.3 is 15.4 Å². The van der Waals surface area contributed by atoms with Crippen LogP contribution in [0.3, 0.4) is 0 Å². The Morgan fingerprint density at radius 2 is 1.86 bits per heavy atom. The third-order valence-corrected chi connectivity index (χ3v) is 4.34. The molecule has 1 aliphatic heterocycles. The Bertz CT molecular complexity index is 909. The smallest absolute Gasteiger partial charge is 0.336 e. The Morgan fingerprint density at radius 1 is 1.25 bits per heavy atom. The molecule has 9 heteroatoms. The van der Waals surface area contributed by atoms with Crippen molar-refractivity contribution in [3.05, 3.63) is 62.5 Å². The molecule has 0 saturated heterocycles. The fraction of sp³-hybridized carbons (Fsp3) is 0.316. The van der Waals surface area contributed by atoms with Gasteiger partial charge in [0.2, 0.25) is 5.91 Å². The number of nitrogens with zero attached hydrogens (tertiary/aromatic N) is 2. The van der Waals surface area contributed by atoms with Gasteiger partial charge in [-0.2, -0.15) is 5.26 Å². The van der Waals surface area contributed by atoms with Crippen LogP contribution in [0.5, 0.6) is 0 Å². The Hall–Kier alpha value is -3.67. The summed E-state index contributed by atoms with van der Waals surface area (Å²) in [6, 6.07) is 7.57. The maximum atomic E-state index is 12.7. The van der Waals surface area contributed by atoms with Crippen molar-refractivity contribution in [2.75, 3.05) is 13.7 Å². The Labute approximate surface area is 161 Å². The number of nitrogens with one attached hydrogen (secondary N) is 2. The van der Waals surface area contributed by atoms with E-state index in [9.17, 15) is 19.7 Å². The number of ether oxygens (including phenoxy) is 1. The van der Waals surface area contributed by atoms with Crippen molar-refractivity contribution < 1.29 is 19.2 Å². The molecule has 2 N–H and O–H groups in total. The van der Waals surface area contributed by atoms with Gasteiger partial charge in [0.05, 0.1) is 28.9 Å². The second-order valence-electron chi connectivity index (χ2n) is 6.11. The summed E-state index contributed by atoms with van der Waals surface area (Å²) in [6.07, 6.45) is 0.0465. The van der Waals surface area contributed by atoms with Gasteiger partial charge in [0, 0.05) is 36.1 Å². The van der Waals surface area contributed by atoms with Gasteiger partial charge in [-0.05, 0) is 19.4 Å². The van der Waals surface area contributed by atoms with E-state index in [4.69, 9.17) is 10.00 Å². The molecule has 146 valence electrons. The minimum absolute atomic E-state index is 0.0465. The van der Waals surface area contributed by atoms with E-state index in [0.717, 1.165) is 0 Å². The highest BCUT2D eigenvalue weighted by atomic mass is 16.6. The molecular formula is C19H20N4O5. The highest BCUT2D eigenvalue weighted by molar-refractivity contribution is 6.02. The summed E-state index contributed by atoms with van der Waals surface area (Å²) >= 11 is 0. The van der Waals surface area contributed by atoms with Crippen molar-refractivity contribution >= 4 is 17.6 Å². The number of rotatable bonds is 6. The minimum atomic E-state index is -0.767. The third-order valence-electron chi connectivity index (χ3n) is 4.34. The van der Waals surface area contributed by atoms with E-state index in [1.54, 1.807) is 13.8 Å². The average Bonchev–Trinajstić information content (AvgIpc) is 2.67. The summed E-state index contributed by atoms with van der Waals surface area (Å²) in [7, 11) is 1.48. The first-order valence-corrected chi connectivity index (χ1v) is 8.50. The van der Waals surface area contributed by atoms with Crippen LogP contribution in [0.4, 0.5) is 5.69 Å². The van der Waals surface area contributed by atoms with Gasteiger partial charge in [-0.3, -0.25) is 14.9 Å². The number of carbonyl (C=O) groups excluding carboxylic acids is 2. The molecule has 28 heavy (non-hydrogen) atoms. The van der Waals surface area contributed by atoms with E-state index in [0.29, 0.717) is 22.5 Å². The zero-order valence-electron chi connectivity index (χ0n) is 15.7. The van der Waals surface area contributed by atoms with Gasteiger partial charge in [-0.25, -0.2) is 4.79 Å². The van der Waals surface area contributed by atoms with Gasteiger partial charge in [-0.1, -0.05) is 12.1 Å². The van der Waals surface area contributed by atoms with Gasteiger partial charge in [0.1, 0.15) is 6.61 Å². The zero-order chi connectivity index (χ0) is 20.8. The number of allylic oxidation sites excluding steroid dienone is 2. The molecule has 9 nitrogen and oxygen atoms in total. The highest BCUT2D eigenvalue weighted by Crippen LogP contribution is 2.39. The van der Waals surface area contributed by atoms with Crippen molar-refractivity contribution in [1.29, 1.82) is 5.26 Å². The first-order valence-electron chi connectivity index (χ1n) is 8.50. The summed E-state index contributed by atoms with van der Waals surface area (Å²) in [5, 5.41) is 25.2. The monoisotopic (exact) mass is 384 g/mol.